The predicted molar refractivity (Wildman–Crippen MR) is 124 cm³/mol. The maximum Gasteiger partial charge on any atom is 0.250 e. The highest BCUT2D eigenvalue weighted by atomic mass is 35.5. The summed E-state index contributed by atoms with van der Waals surface area (Å²) in [7, 11) is 0. The summed E-state index contributed by atoms with van der Waals surface area (Å²) in [5.74, 6) is -2.25. The predicted octanol–water partition coefficient (Wildman–Crippen LogP) is 2.20. The second-order valence-corrected chi connectivity index (χ2v) is 10.0. The van der Waals surface area contributed by atoms with Gasteiger partial charge in [-0.05, 0) is 56.4 Å². The lowest BCUT2D eigenvalue weighted by Gasteiger charge is -2.36. The minimum absolute atomic E-state index is 0.0115. The molecule has 6 atom stereocenters. The fraction of sp³-hybridized carbons (Fsp3) is 0.625. The number of carbonyl (C=O) groups is 3. The van der Waals surface area contributed by atoms with Crippen molar-refractivity contribution in [1.82, 2.24) is 10.2 Å². The van der Waals surface area contributed by atoms with Crippen molar-refractivity contribution in [3.8, 4) is 0 Å². The van der Waals surface area contributed by atoms with Crippen LogP contribution in [0.15, 0.2) is 24.3 Å². The van der Waals surface area contributed by atoms with Gasteiger partial charge < -0.3 is 25.4 Å². The number of halogens is 1. The van der Waals surface area contributed by atoms with Crippen molar-refractivity contribution in [2.75, 3.05) is 25.0 Å². The second kappa shape index (κ2) is 8.89. The highest BCUT2D eigenvalue weighted by molar-refractivity contribution is 6.30. The van der Waals surface area contributed by atoms with Gasteiger partial charge >= 0.3 is 0 Å². The summed E-state index contributed by atoms with van der Waals surface area (Å²) in [4.78, 5) is 42.1. The Kier molecular flexibility index (Phi) is 6.46. The minimum Gasteiger partial charge on any atom is -0.396 e. The number of anilines is 1. The van der Waals surface area contributed by atoms with Crippen LogP contribution in [0.3, 0.4) is 0 Å². The molecule has 3 aliphatic heterocycles. The molecule has 9 heteroatoms. The van der Waals surface area contributed by atoms with E-state index in [4.69, 9.17) is 16.3 Å². The Morgan fingerprint density at radius 2 is 1.97 bits per heavy atom. The summed E-state index contributed by atoms with van der Waals surface area (Å²) in [5, 5.41) is 15.8. The Morgan fingerprint density at radius 1 is 1.27 bits per heavy atom. The van der Waals surface area contributed by atoms with Gasteiger partial charge in [-0.1, -0.05) is 25.4 Å². The zero-order chi connectivity index (χ0) is 24.0. The number of likely N-dealkylation sites (tertiary alicyclic amines) is 1. The third kappa shape index (κ3) is 3.72. The summed E-state index contributed by atoms with van der Waals surface area (Å²) in [6.07, 6.45) is 1.62. The topological polar surface area (TPSA) is 108 Å². The van der Waals surface area contributed by atoms with Crippen molar-refractivity contribution in [3.05, 3.63) is 29.3 Å². The van der Waals surface area contributed by atoms with Crippen molar-refractivity contribution in [1.29, 1.82) is 0 Å². The molecule has 33 heavy (non-hydrogen) atoms. The Bertz CT molecular complexity index is 941. The Hall–Kier alpha value is -2.16. The van der Waals surface area contributed by atoms with Crippen LogP contribution in [-0.2, 0) is 19.1 Å². The monoisotopic (exact) mass is 477 g/mol. The van der Waals surface area contributed by atoms with Gasteiger partial charge in [0.15, 0.2) is 0 Å². The highest BCUT2D eigenvalue weighted by Crippen LogP contribution is 2.65. The quantitative estimate of drug-likeness (QED) is 0.532. The molecule has 4 rings (SSSR count). The number of hydrogen-bond acceptors (Lipinski definition) is 5. The van der Waals surface area contributed by atoms with Crippen LogP contribution in [0.5, 0.6) is 0 Å². The van der Waals surface area contributed by atoms with Crippen molar-refractivity contribution in [2.45, 2.75) is 57.3 Å². The summed E-state index contributed by atoms with van der Waals surface area (Å²) in [6, 6.07) is 5.85. The lowest BCUT2D eigenvalue weighted by Crippen LogP contribution is -2.54. The van der Waals surface area contributed by atoms with Crippen LogP contribution in [-0.4, -0.2) is 64.7 Å². The van der Waals surface area contributed by atoms with E-state index in [1.165, 1.54) is 4.90 Å². The van der Waals surface area contributed by atoms with Crippen LogP contribution in [0.1, 0.15) is 40.0 Å². The van der Waals surface area contributed by atoms with E-state index in [1.54, 1.807) is 24.3 Å². The molecule has 1 aromatic rings. The molecule has 3 unspecified atom stereocenters. The van der Waals surface area contributed by atoms with Crippen LogP contribution >= 0.6 is 11.6 Å². The van der Waals surface area contributed by atoms with E-state index in [0.717, 1.165) is 6.42 Å². The SMILES string of the molecule is CCCNC(=O)[C@H]1[C@H]2C(=O)N(CCCO)C(C(=O)Nc3ccc(Cl)cc3)C23CC(C)[C@]1(C)O3. The minimum atomic E-state index is -1.09. The third-order valence-corrected chi connectivity index (χ3v) is 7.82. The largest absolute Gasteiger partial charge is 0.396 e. The lowest BCUT2D eigenvalue weighted by molar-refractivity contribution is -0.146. The van der Waals surface area contributed by atoms with E-state index < -0.39 is 29.1 Å². The fourth-order valence-electron chi connectivity index (χ4n) is 6.02. The van der Waals surface area contributed by atoms with Crippen molar-refractivity contribution >= 4 is 35.0 Å². The molecule has 0 radical (unpaired) electrons. The number of aliphatic hydroxyl groups is 1. The van der Waals surface area contributed by atoms with Gasteiger partial charge in [0.1, 0.15) is 11.6 Å². The zero-order valence-electron chi connectivity index (χ0n) is 19.3. The average Bonchev–Trinajstić information content (AvgIpc) is 3.29. The Balaban J connectivity index is 1.72. The van der Waals surface area contributed by atoms with Crippen LogP contribution in [0.2, 0.25) is 5.02 Å². The first kappa shape index (κ1) is 24.0. The number of aliphatic hydroxyl groups excluding tert-OH is 1. The van der Waals surface area contributed by atoms with E-state index in [0.29, 0.717) is 30.1 Å². The smallest absolute Gasteiger partial charge is 0.250 e. The van der Waals surface area contributed by atoms with Gasteiger partial charge in [-0.25, -0.2) is 0 Å². The molecule has 1 spiro atoms. The van der Waals surface area contributed by atoms with Crippen molar-refractivity contribution in [2.24, 2.45) is 17.8 Å². The Labute approximate surface area is 199 Å². The molecule has 0 saturated carbocycles. The zero-order valence-corrected chi connectivity index (χ0v) is 20.0. The molecule has 0 aromatic heterocycles. The molecular formula is C24H32ClN3O5. The van der Waals surface area contributed by atoms with E-state index in [1.807, 2.05) is 20.8 Å². The molecule has 3 aliphatic rings. The molecule has 3 saturated heterocycles. The number of amides is 3. The number of rotatable bonds is 8. The number of benzene rings is 1. The molecule has 3 fully saturated rings. The molecule has 3 N–H and O–H groups in total. The molecule has 3 amide bonds. The van der Waals surface area contributed by atoms with Gasteiger partial charge in [-0.3, -0.25) is 14.4 Å². The number of carbonyl (C=O) groups excluding carboxylic acids is 3. The first-order valence-corrected chi connectivity index (χ1v) is 12.0. The molecule has 2 bridgehead atoms. The lowest BCUT2D eigenvalue weighted by atomic mass is 9.62. The molecule has 0 aliphatic carbocycles. The maximum atomic E-state index is 13.7. The van der Waals surface area contributed by atoms with Gasteiger partial charge in [-0.15, -0.1) is 0 Å². The summed E-state index contributed by atoms with van der Waals surface area (Å²) in [5.41, 5.74) is -1.37. The summed E-state index contributed by atoms with van der Waals surface area (Å²) in [6.45, 7) is 6.49. The van der Waals surface area contributed by atoms with E-state index in [2.05, 4.69) is 10.6 Å². The van der Waals surface area contributed by atoms with Gasteiger partial charge in [-0.2, -0.15) is 0 Å². The van der Waals surface area contributed by atoms with E-state index >= 15 is 0 Å². The third-order valence-electron chi connectivity index (χ3n) is 7.56. The number of hydrogen-bond donors (Lipinski definition) is 3. The normalized spacial score (nSPS) is 34.5. The maximum absolute atomic E-state index is 13.7. The number of ether oxygens (including phenoxy) is 1. The second-order valence-electron chi connectivity index (χ2n) is 9.60. The first-order valence-electron chi connectivity index (χ1n) is 11.6. The fourth-order valence-corrected chi connectivity index (χ4v) is 6.15. The van der Waals surface area contributed by atoms with E-state index in [9.17, 15) is 19.5 Å². The van der Waals surface area contributed by atoms with Gasteiger partial charge in [0.25, 0.3) is 0 Å². The average molecular weight is 478 g/mol. The molecular weight excluding hydrogens is 446 g/mol. The van der Waals surface area contributed by atoms with Gasteiger partial charge in [0.05, 0.1) is 17.4 Å². The molecule has 180 valence electrons. The van der Waals surface area contributed by atoms with Crippen LogP contribution in [0.4, 0.5) is 5.69 Å². The highest BCUT2D eigenvalue weighted by Gasteiger charge is 2.79. The Morgan fingerprint density at radius 3 is 2.61 bits per heavy atom. The number of nitrogens with one attached hydrogen (secondary N) is 2. The summed E-state index contributed by atoms with van der Waals surface area (Å²) >= 11 is 5.96. The first-order chi connectivity index (χ1) is 15.7. The van der Waals surface area contributed by atoms with Crippen LogP contribution in [0.25, 0.3) is 0 Å². The standard InChI is InChI=1S/C24H32ClN3O5/c1-4-10-26-20(30)17-18-22(32)28(11-5-12-29)19(24(18)13-14(2)23(17,3)33-24)21(31)27-16-8-6-15(25)7-9-16/h6-9,14,17-19,29H,4-5,10-13H2,1-3H3,(H,26,30)(H,27,31)/t14?,17-,18+,19?,23+,24?/m1/s1. The molecule has 3 heterocycles. The van der Waals surface area contributed by atoms with Gasteiger partial charge in [0.2, 0.25) is 17.7 Å². The molecule has 1 aromatic carbocycles. The van der Waals surface area contributed by atoms with Crippen molar-refractivity contribution in [3.63, 3.8) is 0 Å². The summed E-state index contributed by atoms with van der Waals surface area (Å²) < 4.78 is 6.60. The number of nitrogens with zero attached hydrogens (tertiary/aromatic N) is 1. The van der Waals surface area contributed by atoms with E-state index in [-0.39, 0.29) is 36.8 Å². The van der Waals surface area contributed by atoms with Gasteiger partial charge in [0, 0.05) is 30.4 Å². The van der Waals surface area contributed by atoms with Crippen molar-refractivity contribution < 1.29 is 24.2 Å². The molecule has 8 nitrogen and oxygen atoms in total. The van der Waals surface area contributed by atoms with Crippen LogP contribution < -0.4 is 10.6 Å². The number of fused-ring (bicyclic) bond motifs is 1. The van der Waals surface area contributed by atoms with Crippen LogP contribution in [0, 0.1) is 17.8 Å².